The molecule has 0 bridgehead atoms. The van der Waals surface area contributed by atoms with E-state index in [0.29, 0.717) is 0 Å². The van der Waals surface area contributed by atoms with E-state index < -0.39 is 0 Å². The van der Waals surface area contributed by atoms with E-state index in [-0.39, 0.29) is 10.8 Å². The predicted molar refractivity (Wildman–Crippen MR) is 226 cm³/mol. The SMILES string of the molecule is CC1(C)c2ccccc2Oc2c(-c3ccc4c(c3)c3cccc5c3-c3c(ncnc3c3ncccc43)c3ncccc3c3ccccc53)cccc2C1(C)C. The maximum atomic E-state index is 7.03. The smallest absolute Gasteiger partial charge is 0.139 e. The fourth-order valence-electron chi connectivity index (χ4n) is 9.22. The van der Waals surface area contributed by atoms with Gasteiger partial charge in [0.25, 0.3) is 0 Å². The molecule has 4 heterocycles. The van der Waals surface area contributed by atoms with Crippen molar-refractivity contribution >= 4 is 65.2 Å². The lowest BCUT2D eigenvalue weighted by molar-refractivity contribution is 0.306. The van der Waals surface area contributed by atoms with Gasteiger partial charge in [0.1, 0.15) is 28.9 Å². The normalized spacial score (nSPS) is 14.6. The second kappa shape index (κ2) is 11.4. The molecule has 262 valence electrons. The Morgan fingerprint density at radius 1 is 0.418 bits per heavy atom. The van der Waals surface area contributed by atoms with Gasteiger partial charge in [-0.05, 0) is 62.1 Å². The minimum Gasteiger partial charge on any atom is -0.456 e. The van der Waals surface area contributed by atoms with Gasteiger partial charge in [0.15, 0.2) is 0 Å². The first-order valence-corrected chi connectivity index (χ1v) is 18.9. The number of para-hydroxylation sites is 2. The van der Waals surface area contributed by atoms with Crippen molar-refractivity contribution in [3.8, 4) is 33.8 Å². The van der Waals surface area contributed by atoms with Crippen LogP contribution in [0.25, 0.3) is 87.4 Å². The van der Waals surface area contributed by atoms with Crippen molar-refractivity contribution in [3.63, 3.8) is 0 Å². The molecule has 0 N–H and O–H groups in total. The zero-order valence-electron chi connectivity index (χ0n) is 31.1. The van der Waals surface area contributed by atoms with E-state index in [4.69, 9.17) is 24.7 Å². The quantitative estimate of drug-likeness (QED) is 0.170. The van der Waals surface area contributed by atoms with Crippen molar-refractivity contribution in [1.82, 2.24) is 19.9 Å². The Morgan fingerprint density at radius 3 is 1.69 bits per heavy atom. The zero-order chi connectivity index (χ0) is 37.1. The highest BCUT2D eigenvalue weighted by atomic mass is 16.5. The summed E-state index contributed by atoms with van der Waals surface area (Å²) in [7, 11) is 0. The molecule has 0 radical (unpaired) electrons. The van der Waals surface area contributed by atoms with Gasteiger partial charge in [0, 0.05) is 61.8 Å². The minimum absolute atomic E-state index is 0.187. The third kappa shape index (κ3) is 4.35. The van der Waals surface area contributed by atoms with Crippen molar-refractivity contribution in [2.75, 3.05) is 0 Å². The van der Waals surface area contributed by atoms with Gasteiger partial charge in [-0.25, -0.2) is 9.97 Å². The second-order valence-electron chi connectivity index (χ2n) is 15.8. The van der Waals surface area contributed by atoms with Crippen LogP contribution >= 0.6 is 0 Å². The number of aromatic nitrogens is 4. The molecule has 5 aromatic carbocycles. The van der Waals surface area contributed by atoms with Crippen molar-refractivity contribution in [3.05, 3.63) is 157 Å². The summed E-state index contributed by atoms with van der Waals surface area (Å²) < 4.78 is 7.03. The molecular formula is C50H36N4O. The van der Waals surface area contributed by atoms with E-state index in [2.05, 4.69) is 143 Å². The molecule has 0 unspecified atom stereocenters. The van der Waals surface area contributed by atoms with E-state index in [1.165, 1.54) is 11.1 Å². The fourth-order valence-corrected chi connectivity index (χ4v) is 9.22. The monoisotopic (exact) mass is 708 g/mol. The van der Waals surface area contributed by atoms with Crippen molar-refractivity contribution in [2.45, 2.75) is 38.5 Å². The van der Waals surface area contributed by atoms with Gasteiger partial charge in [-0.2, -0.15) is 0 Å². The first-order valence-electron chi connectivity index (χ1n) is 18.9. The van der Waals surface area contributed by atoms with Crippen molar-refractivity contribution in [2.24, 2.45) is 0 Å². The molecule has 0 saturated heterocycles. The van der Waals surface area contributed by atoms with Crippen LogP contribution in [0.1, 0.15) is 38.8 Å². The number of pyridine rings is 2. The van der Waals surface area contributed by atoms with Crippen LogP contribution in [0.5, 0.6) is 11.5 Å². The lowest BCUT2D eigenvalue weighted by Gasteiger charge is -2.41. The molecule has 11 rings (SSSR count). The maximum Gasteiger partial charge on any atom is 0.139 e. The first kappa shape index (κ1) is 31.8. The molecule has 0 amide bonds. The van der Waals surface area contributed by atoms with Crippen LogP contribution in [0.3, 0.4) is 0 Å². The van der Waals surface area contributed by atoms with Gasteiger partial charge >= 0.3 is 0 Å². The standard InChI is InChI=1S/C50H36N4O/c1-49(2)39-20-7-8-22-41(39)55-48-30(15-10-21-40(48)50(49,3)4)29-23-24-33-37-19-12-26-52-45(37)47-43-42-34(16-9-17-35(42)38(33)27-29)31-13-5-6-14-32(31)36-18-11-25-51-44(36)46(43)53-28-54-47/h5-28H,1-4H3. The number of nitrogens with zero attached hydrogens (tertiary/aromatic N) is 4. The Balaban J connectivity index is 1.34. The molecule has 2 aliphatic carbocycles. The van der Waals surface area contributed by atoms with Gasteiger partial charge in [-0.15, -0.1) is 0 Å². The van der Waals surface area contributed by atoms with Crippen LogP contribution in [0.4, 0.5) is 0 Å². The van der Waals surface area contributed by atoms with Crippen LogP contribution in [0.2, 0.25) is 0 Å². The van der Waals surface area contributed by atoms with E-state index in [1.807, 2.05) is 24.5 Å². The van der Waals surface area contributed by atoms with Gasteiger partial charge in [-0.3, -0.25) is 9.97 Å². The van der Waals surface area contributed by atoms with Gasteiger partial charge in [-0.1, -0.05) is 131 Å². The van der Waals surface area contributed by atoms with Crippen LogP contribution in [0, 0.1) is 0 Å². The molecule has 55 heavy (non-hydrogen) atoms. The Hall–Kier alpha value is -6.72. The second-order valence-corrected chi connectivity index (χ2v) is 15.8. The van der Waals surface area contributed by atoms with Crippen LogP contribution in [-0.4, -0.2) is 19.9 Å². The highest BCUT2D eigenvalue weighted by Gasteiger charge is 2.45. The highest BCUT2D eigenvalue weighted by molar-refractivity contribution is 6.29. The van der Waals surface area contributed by atoms with E-state index in [9.17, 15) is 0 Å². The first-order chi connectivity index (χ1) is 26.8. The van der Waals surface area contributed by atoms with Crippen molar-refractivity contribution < 1.29 is 4.74 Å². The minimum atomic E-state index is -0.230. The van der Waals surface area contributed by atoms with Gasteiger partial charge in [0.05, 0.1) is 11.0 Å². The van der Waals surface area contributed by atoms with E-state index >= 15 is 0 Å². The van der Waals surface area contributed by atoms with Crippen LogP contribution in [-0.2, 0) is 10.8 Å². The summed E-state index contributed by atoms with van der Waals surface area (Å²) in [5, 5.41) is 8.73. The molecule has 8 aromatic rings. The van der Waals surface area contributed by atoms with Crippen molar-refractivity contribution in [1.29, 1.82) is 0 Å². The van der Waals surface area contributed by atoms with Crippen LogP contribution < -0.4 is 4.74 Å². The molecule has 5 heteroatoms. The molecular weight excluding hydrogens is 673 g/mol. The van der Waals surface area contributed by atoms with Gasteiger partial charge < -0.3 is 4.74 Å². The number of hydrogen-bond donors (Lipinski definition) is 0. The number of fused-ring (bicyclic) bond motifs is 12. The Kier molecular flexibility index (Phi) is 6.58. The zero-order valence-corrected chi connectivity index (χ0v) is 31.1. The van der Waals surface area contributed by atoms with Gasteiger partial charge in [0.2, 0.25) is 0 Å². The molecule has 3 aliphatic rings. The summed E-state index contributed by atoms with van der Waals surface area (Å²) in [6, 6.07) is 45.6. The Morgan fingerprint density at radius 2 is 0.964 bits per heavy atom. The largest absolute Gasteiger partial charge is 0.456 e. The number of hydrogen-bond acceptors (Lipinski definition) is 5. The summed E-state index contributed by atoms with van der Waals surface area (Å²) in [6.07, 6.45) is 5.37. The third-order valence-electron chi connectivity index (χ3n) is 12.7. The van der Waals surface area contributed by atoms with E-state index in [0.717, 1.165) is 98.9 Å². The number of ether oxygens (including phenoxy) is 1. The molecule has 0 atom stereocenters. The summed E-state index contributed by atoms with van der Waals surface area (Å²) in [6.45, 7) is 9.35. The average molecular weight is 709 g/mol. The number of benzene rings is 5. The highest BCUT2D eigenvalue weighted by Crippen LogP contribution is 2.55. The summed E-state index contributed by atoms with van der Waals surface area (Å²) in [4.78, 5) is 20.1. The summed E-state index contributed by atoms with van der Waals surface area (Å²) in [5.41, 5.74) is 9.38. The molecule has 3 aromatic heterocycles. The average Bonchev–Trinajstić information content (AvgIpc) is 3.28. The molecule has 0 spiro atoms. The molecule has 0 saturated carbocycles. The lowest BCUT2D eigenvalue weighted by atomic mass is 9.61. The topological polar surface area (TPSA) is 60.8 Å². The molecule has 1 aliphatic heterocycles. The number of rotatable bonds is 1. The Bertz CT molecular complexity index is 3250. The summed E-state index contributed by atoms with van der Waals surface area (Å²) >= 11 is 0. The predicted octanol–water partition coefficient (Wildman–Crippen LogP) is 12.9. The Labute approximate surface area is 318 Å². The van der Waals surface area contributed by atoms with Crippen LogP contribution in [0.15, 0.2) is 146 Å². The molecule has 5 nitrogen and oxygen atoms in total. The summed E-state index contributed by atoms with van der Waals surface area (Å²) in [5.74, 6) is 1.80. The van der Waals surface area contributed by atoms with E-state index in [1.54, 1.807) is 6.33 Å². The fraction of sp³-hybridized carbons (Fsp3) is 0.120. The third-order valence-corrected chi connectivity index (χ3v) is 12.7. The molecule has 0 fully saturated rings. The maximum absolute atomic E-state index is 7.03. The lowest BCUT2D eigenvalue weighted by Crippen LogP contribution is -2.39.